The fourth-order valence-corrected chi connectivity index (χ4v) is 0.255. The normalized spacial score (nSPS) is 13.9. The van der Waals surface area contributed by atoms with E-state index >= 15 is 0 Å². The van der Waals surface area contributed by atoms with E-state index < -0.39 is 18.2 Å². The van der Waals surface area contributed by atoms with Crippen LogP contribution in [0.1, 0.15) is 0 Å². The Labute approximate surface area is 58.5 Å². The third kappa shape index (κ3) is 2.65. The van der Waals surface area contributed by atoms with Crippen molar-refractivity contribution in [2.45, 2.75) is 12.1 Å². The summed E-state index contributed by atoms with van der Waals surface area (Å²) < 4.78 is 57.2. The fourth-order valence-electron chi connectivity index (χ4n) is 0.255. The average Bonchev–Trinajstić information content (AvgIpc) is 1.81. The van der Waals surface area contributed by atoms with Gasteiger partial charge in [-0.1, -0.05) is 0 Å². The van der Waals surface area contributed by atoms with Gasteiger partial charge in [-0.3, -0.25) is 4.79 Å². The quantitative estimate of drug-likeness (QED) is 0.355. The summed E-state index contributed by atoms with van der Waals surface area (Å²) in [6.45, 7) is 0. The van der Waals surface area contributed by atoms with E-state index in [1.807, 2.05) is 0 Å². The summed E-state index contributed by atoms with van der Waals surface area (Å²) in [7, 11) is 0. The molecule has 11 heavy (non-hydrogen) atoms. The maximum absolute atomic E-state index is 11.7. The zero-order valence-electron chi connectivity index (χ0n) is 5.03. The van der Waals surface area contributed by atoms with Crippen molar-refractivity contribution in [3.05, 3.63) is 12.2 Å². The predicted molar refractivity (Wildman–Crippen MR) is 26.2 cm³/mol. The molecular weight excluding hydrogens is 171 g/mol. The first-order valence-electron chi connectivity index (χ1n) is 2.39. The Bertz CT molecular complexity index is 168. The van der Waals surface area contributed by atoms with E-state index in [4.69, 9.17) is 0 Å². The van der Waals surface area contributed by atoms with Crippen LogP contribution in [0.25, 0.3) is 0 Å². The van der Waals surface area contributed by atoms with Crippen molar-refractivity contribution < 1.29 is 26.7 Å². The predicted octanol–water partition coefficient (Wildman–Crippen LogP) is 1.94. The Kier molecular flexibility index (Phi) is 2.72. The molecule has 0 amide bonds. The molecule has 0 aromatic rings. The second-order valence-electron chi connectivity index (χ2n) is 1.62. The standard InChI is InChI=1S/C5H3F5O/c6-4(7,2-1-3-11)5(8,9)10/h1-3H. The van der Waals surface area contributed by atoms with Gasteiger partial charge in [0, 0.05) is 0 Å². The number of alkyl halides is 5. The highest BCUT2D eigenvalue weighted by Gasteiger charge is 2.55. The minimum atomic E-state index is -5.63. The van der Waals surface area contributed by atoms with Crippen LogP contribution in [0, 0.1) is 0 Å². The molecule has 0 spiro atoms. The summed E-state index contributed by atoms with van der Waals surface area (Å²) in [5.74, 6) is -4.92. The number of hydrogen-bond acceptors (Lipinski definition) is 1. The first-order chi connectivity index (χ1) is 4.81. The minimum absolute atomic E-state index is 0.105. The van der Waals surface area contributed by atoms with Crippen LogP contribution in [0.2, 0.25) is 0 Å². The topological polar surface area (TPSA) is 17.1 Å². The Hall–Kier alpha value is -0.940. The lowest BCUT2D eigenvalue weighted by molar-refractivity contribution is -0.259. The van der Waals surface area contributed by atoms with Gasteiger partial charge in [0.15, 0.2) is 0 Å². The zero-order valence-corrected chi connectivity index (χ0v) is 5.03. The number of carbonyl (C=O) groups excluding carboxylic acids is 1. The highest BCUT2D eigenvalue weighted by atomic mass is 19.4. The largest absolute Gasteiger partial charge is 0.457 e. The molecule has 0 aliphatic carbocycles. The van der Waals surface area contributed by atoms with E-state index in [1.54, 1.807) is 0 Å². The summed E-state index contributed by atoms with van der Waals surface area (Å²) in [6, 6.07) is 0. The summed E-state index contributed by atoms with van der Waals surface area (Å²) in [5, 5.41) is 0. The molecule has 0 saturated carbocycles. The zero-order chi connectivity index (χ0) is 9.12. The summed E-state index contributed by atoms with van der Waals surface area (Å²) >= 11 is 0. The molecule has 0 heterocycles. The van der Waals surface area contributed by atoms with Crippen molar-refractivity contribution in [2.75, 3.05) is 0 Å². The van der Waals surface area contributed by atoms with Crippen molar-refractivity contribution in [3.8, 4) is 0 Å². The van der Waals surface area contributed by atoms with E-state index in [9.17, 15) is 26.7 Å². The molecule has 1 nitrogen and oxygen atoms in total. The molecule has 0 unspecified atom stereocenters. The van der Waals surface area contributed by atoms with Crippen LogP contribution in [-0.4, -0.2) is 18.4 Å². The number of halogens is 5. The molecule has 0 aliphatic heterocycles. The molecule has 0 N–H and O–H groups in total. The molecule has 0 aliphatic rings. The van der Waals surface area contributed by atoms with Crippen molar-refractivity contribution in [1.82, 2.24) is 0 Å². The van der Waals surface area contributed by atoms with Gasteiger partial charge in [-0.15, -0.1) is 0 Å². The maximum Gasteiger partial charge on any atom is 0.457 e. The van der Waals surface area contributed by atoms with Crippen LogP contribution in [-0.2, 0) is 4.79 Å². The molecule has 0 aromatic carbocycles. The van der Waals surface area contributed by atoms with Gasteiger partial charge in [-0.05, 0) is 12.2 Å². The summed E-state index contributed by atoms with van der Waals surface area (Å²) in [4.78, 5) is 9.39. The number of allylic oxidation sites excluding steroid dienone is 2. The first-order valence-corrected chi connectivity index (χ1v) is 2.39. The van der Waals surface area contributed by atoms with Gasteiger partial charge < -0.3 is 0 Å². The third-order valence-electron chi connectivity index (χ3n) is 0.762. The molecule has 0 rings (SSSR count). The molecule has 64 valence electrons. The molecule has 0 bridgehead atoms. The van der Waals surface area contributed by atoms with E-state index in [0.29, 0.717) is 0 Å². The highest BCUT2D eigenvalue weighted by molar-refractivity contribution is 5.64. The Morgan fingerprint density at radius 3 is 1.73 bits per heavy atom. The Balaban J connectivity index is 4.46. The van der Waals surface area contributed by atoms with E-state index in [-0.39, 0.29) is 12.4 Å². The second kappa shape index (κ2) is 2.98. The van der Waals surface area contributed by atoms with Crippen LogP contribution in [0.3, 0.4) is 0 Å². The van der Waals surface area contributed by atoms with Crippen molar-refractivity contribution in [3.63, 3.8) is 0 Å². The molecule has 6 heteroatoms. The SMILES string of the molecule is O=CC=CC(F)(F)C(F)(F)F. The van der Waals surface area contributed by atoms with Gasteiger partial charge in [0.2, 0.25) is 0 Å². The molecular formula is C5H3F5O. The summed E-state index contributed by atoms with van der Waals surface area (Å²) in [6.07, 6.45) is -6.18. The highest BCUT2D eigenvalue weighted by Crippen LogP contribution is 2.36. The van der Waals surface area contributed by atoms with Crippen LogP contribution in [0.5, 0.6) is 0 Å². The molecule has 0 fully saturated rings. The monoisotopic (exact) mass is 174 g/mol. The lowest BCUT2D eigenvalue weighted by atomic mass is 10.3. The van der Waals surface area contributed by atoms with Gasteiger partial charge in [-0.25, -0.2) is 0 Å². The smallest absolute Gasteiger partial charge is 0.299 e. The minimum Gasteiger partial charge on any atom is -0.299 e. The van der Waals surface area contributed by atoms with Crippen LogP contribution in [0.15, 0.2) is 12.2 Å². The number of aldehydes is 1. The van der Waals surface area contributed by atoms with Crippen LogP contribution < -0.4 is 0 Å². The molecule has 0 atom stereocenters. The van der Waals surface area contributed by atoms with Gasteiger partial charge in [0.25, 0.3) is 0 Å². The third-order valence-corrected chi connectivity index (χ3v) is 0.762. The molecule has 0 radical (unpaired) electrons. The van der Waals surface area contributed by atoms with E-state index in [1.165, 1.54) is 0 Å². The number of carbonyl (C=O) groups is 1. The van der Waals surface area contributed by atoms with Gasteiger partial charge in [-0.2, -0.15) is 22.0 Å². The van der Waals surface area contributed by atoms with Gasteiger partial charge >= 0.3 is 12.1 Å². The van der Waals surface area contributed by atoms with Gasteiger partial charge in [0.1, 0.15) is 6.29 Å². The van der Waals surface area contributed by atoms with Crippen molar-refractivity contribution in [2.24, 2.45) is 0 Å². The second-order valence-corrected chi connectivity index (χ2v) is 1.62. The maximum atomic E-state index is 11.7. The lowest BCUT2D eigenvalue weighted by Gasteiger charge is -2.14. The van der Waals surface area contributed by atoms with Crippen LogP contribution >= 0.6 is 0 Å². The van der Waals surface area contributed by atoms with Crippen LogP contribution in [0.4, 0.5) is 22.0 Å². The van der Waals surface area contributed by atoms with Crippen molar-refractivity contribution >= 4 is 6.29 Å². The van der Waals surface area contributed by atoms with Gasteiger partial charge in [0.05, 0.1) is 0 Å². The molecule has 0 aromatic heterocycles. The fraction of sp³-hybridized carbons (Fsp3) is 0.400. The van der Waals surface area contributed by atoms with Crippen molar-refractivity contribution in [1.29, 1.82) is 0 Å². The molecule has 0 saturated heterocycles. The number of hydrogen-bond donors (Lipinski definition) is 0. The summed E-state index contributed by atoms with van der Waals surface area (Å²) in [5.41, 5.74) is 0. The van der Waals surface area contributed by atoms with E-state index in [0.717, 1.165) is 0 Å². The Morgan fingerprint density at radius 1 is 1.00 bits per heavy atom. The number of rotatable bonds is 2. The lowest BCUT2D eigenvalue weighted by Crippen LogP contribution is -2.34. The van der Waals surface area contributed by atoms with E-state index in [2.05, 4.69) is 0 Å². The first kappa shape index (κ1) is 10.1. The Morgan fingerprint density at radius 2 is 1.45 bits per heavy atom. The average molecular weight is 174 g/mol.